The van der Waals surface area contributed by atoms with E-state index in [0.717, 1.165) is 23.6 Å². The molecule has 0 fully saturated rings. The van der Waals surface area contributed by atoms with Crippen molar-refractivity contribution >= 4 is 21.6 Å². The Morgan fingerprint density at radius 1 is 1.19 bits per heavy atom. The molecular formula is C19H21FN2O3S. The number of anilines is 1. The third kappa shape index (κ3) is 3.72. The minimum Gasteiger partial charge on any atom is -0.338 e. The monoisotopic (exact) mass is 376 g/mol. The van der Waals surface area contributed by atoms with Gasteiger partial charge in [0.2, 0.25) is 5.91 Å². The number of sulfonamides is 1. The molecule has 1 heterocycles. The van der Waals surface area contributed by atoms with Crippen molar-refractivity contribution in [3.63, 3.8) is 0 Å². The lowest BCUT2D eigenvalue weighted by molar-refractivity contribution is -0.131. The van der Waals surface area contributed by atoms with Crippen LogP contribution in [0, 0.1) is 12.7 Å². The number of aryl methyl sites for hydroxylation is 1. The molecule has 7 heteroatoms. The second kappa shape index (κ2) is 7.07. The second-order valence-electron chi connectivity index (χ2n) is 6.42. The molecule has 0 aliphatic carbocycles. The number of rotatable bonds is 4. The predicted octanol–water partition coefficient (Wildman–Crippen LogP) is 3.23. The Labute approximate surface area is 152 Å². The number of nitrogens with one attached hydrogen (secondary N) is 1. The first kappa shape index (κ1) is 18.4. The Bertz CT molecular complexity index is 957. The van der Waals surface area contributed by atoms with Gasteiger partial charge in [-0.2, -0.15) is 0 Å². The van der Waals surface area contributed by atoms with Gasteiger partial charge < -0.3 is 4.90 Å². The van der Waals surface area contributed by atoms with E-state index in [4.69, 9.17) is 0 Å². The molecule has 5 nitrogen and oxygen atoms in total. The molecule has 1 N–H and O–H groups in total. The van der Waals surface area contributed by atoms with Gasteiger partial charge in [0, 0.05) is 25.2 Å². The summed E-state index contributed by atoms with van der Waals surface area (Å²) in [6.07, 6.45) is 1.19. The summed E-state index contributed by atoms with van der Waals surface area (Å²) < 4.78 is 41.2. The Kier molecular flexibility index (Phi) is 5.00. The van der Waals surface area contributed by atoms with Crippen LogP contribution in [-0.2, 0) is 27.8 Å². The van der Waals surface area contributed by atoms with Crippen molar-refractivity contribution in [2.75, 3.05) is 11.3 Å². The van der Waals surface area contributed by atoms with E-state index in [1.165, 1.54) is 12.1 Å². The van der Waals surface area contributed by atoms with Crippen LogP contribution in [0.15, 0.2) is 41.3 Å². The van der Waals surface area contributed by atoms with Gasteiger partial charge in [-0.3, -0.25) is 9.52 Å². The van der Waals surface area contributed by atoms with Crippen molar-refractivity contribution in [2.45, 2.75) is 38.1 Å². The van der Waals surface area contributed by atoms with Gasteiger partial charge in [0.25, 0.3) is 10.0 Å². The molecule has 1 aliphatic heterocycles. The van der Waals surface area contributed by atoms with E-state index in [0.29, 0.717) is 30.8 Å². The molecule has 0 spiro atoms. The first-order valence-corrected chi connectivity index (χ1v) is 9.97. The number of halogens is 1. The summed E-state index contributed by atoms with van der Waals surface area (Å²) in [5, 5.41) is 0. The molecule has 138 valence electrons. The SMILES string of the molecule is CCC(=O)N1CCc2ccc(NS(=O)(=O)c3cc(F)ccc3C)cc2C1. The number of carbonyl (C=O) groups excluding carboxylic acids is 1. The van der Waals surface area contributed by atoms with Gasteiger partial charge in [-0.1, -0.05) is 19.1 Å². The first-order valence-electron chi connectivity index (χ1n) is 8.48. The van der Waals surface area contributed by atoms with Crippen LogP contribution in [0.1, 0.15) is 30.0 Å². The summed E-state index contributed by atoms with van der Waals surface area (Å²) >= 11 is 0. The molecule has 0 bridgehead atoms. The summed E-state index contributed by atoms with van der Waals surface area (Å²) in [7, 11) is -3.90. The number of carbonyl (C=O) groups is 1. The van der Waals surface area contributed by atoms with E-state index in [1.807, 2.05) is 13.0 Å². The highest BCUT2D eigenvalue weighted by molar-refractivity contribution is 7.92. The average molecular weight is 376 g/mol. The van der Waals surface area contributed by atoms with E-state index in [9.17, 15) is 17.6 Å². The average Bonchev–Trinajstić information content (AvgIpc) is 2.62. The fourth-order valence-corrected chi connectivity index (χ4v) is 4.44. The highest BCUT2D eigenvalue weighted by Crippen LogP contribution is 2.26. The van der Waals surface area contributed by atoms with Gasteiger partial charge in [0.15, 0.2) is 0 Å². The Morgan fingerprint density at radius 3 is 2.69 bits per heavy atom. The zero-order chi connectivity index (χ0) is 18.9. The van der Waals surface area contributed by atoms with Crippen LogP contribution in [0.2, 0.25) is 0 Å². The molecule has 0 aromatic heterocycles. The van der Waals surface area contributed by atoms with Gasteiger partial charge in [-0.25, -0.2) is 12.8 Å². The smallest absolute Gasteiger partial charge is 0.262 e. The number of benzene rings is 2. The van der Waals surface area contributed by atoms with Crippen LogP contribution >= 0.6 is 0 Å². The highest BCUT2D eigenvalue weighted by atomic mass is 32.2. The van der Waals surface area contributed by atoms with Crippen molar-refractivity contribution in [1.82, 2.24) is 4.90 Å². The van der Waals surface area contributed by atoms with Crippen LogP contribution in [-0.4, -0.2) is 25.8 Å². The van der Waals surface area contributed by atoms with E-state index in [1.54, 1.807) is 24.0 Å². The van der Waals surface area contributed by atoms with Crippen molar-refractivity contribution in [1.29, 1.82) is 0 Å². The van der Waals surface area contributed by atoms with E-state index in [2.05, 4.69) is 4.72 Å². The molecule has 1 amide bonds. The highest BCUT2D eigenvalue weighted by Gasteiger charge is 2.22. The van der Waals surface area contributed by atoms with Crippen LogP contribution in [0.4, 0.5) is 10.1 Å². The van der Waals surface area contributed by atoms with Crippen LogP contribution in [0.3, 0.4) is 0 Å². The van der Waals surface area contributed by atoms with Crippen LogP contribution < -0.4 is 4.72 Å². The van der Waals surface area contributed by atoms with E-state index >= 15 is 0 Å². The van der Waals surface area contributed by atoms with Gasteiger partial charge in [0.05, 0.1) is 4.90 Å². The van der Waals surface area contributed by atoms with Gasteiger partial charge >= 0.3 is 0 Å². The van der Waals surface area contributed by atoms with Gasteiger partial charge in [0.1, 0.15) is 5.82 Å². The Morgan fingerprint density at radius 2 is 1.96 bits per heavy atom. The number of fused-ring (bicyclic) bond motifs is 1. The summed E-state index contributed by atoms with van der Waals surface area (Å²) in [5.41, 5.74) is 2.90. The van der Waals surface area contributed by atoms with Crippen molar-refractivity contribution in [3.05, 3.63) is 58.9 Å². The largest absolute Gasteiger partial charge is 0.338 e. The van der Waals surface area contributed by atoms with Crippen LogP contribution in [0.5, 0.6) is 0 Å². The molecule has 0 unspecified atom stereocenters. The van der Waals surface area contributed by atoms with Crippen LogP contribution in [0.25, 0.3) is 0 Å². The standard InChI is InChI=1S/C19H21FN2O3S/c1-3-19(23)22-9-8-14-5-7-17(10-15(14)12-22)21-26(24,25)18-11-16(20)6-4-13(18)2/h4-7,10-11,21H,3,8-9,12H2,1-2H3. The maximum atomic E-state index is 13.5. The fraction of sp³-hybridized carbons (Fsp3) is 0.316. The quantitative estimate of drug-likeness (QED) is 0.891. The predicted molar refractivity (Wildman–Crippen MR) is 97.8 cm³/mol. The summed E-state index contributed by atoms with van der Waals surface area (Å²) in [5.74, 6) is -0.521. The van der Waals surface area contributed by atoms with E-state index in [-0.39, 0.29) is 10.8 Å². The second-order valence-corrected chi connectivity index (χ2v) is 8.07. The third-order valence-electron chi connectivity index (χ3n) is 4.57. The Hall–Kier alpha value is -2.41. The van der Waals surface area contributed by atoms with Crippen molar-refractivity contribution in [3.8, 4) is 0 Å². The lowest BCUT2D eigenvalue weighted by atomic mass is 9.99. The molecule has 0 saturated carbocycles. The lowest BCUT2D eigenvalue weighted by Gasteiger charge is -2.29. The number of amides is 1. The first-order chi connectivity index (χ1) is 12.3. The number of hydrogen-bond acceptors (Lipinski definition) is 3. The maximum absolute atomic E-state index is 13.5. The van der Waals surface area contributed by atoms with Gasteiger partial charge in [-0.15, -0.1) is 0 Å². The zero-order valence-corrected chi connectivity index (χ0v) is 15.6. The molecular weight excluding hydrogens is 355 g/mol. The summed E-state index contributed by atoms with van der Waals surface area (Å²) in [6, 6.07) is 8.99. The number of nitrogens with zero attached hydrogens (tertiary/aromatic N) is 1. The Balaban J connectivity index is 1.87. The maximum Gasteiger partial charge on any atom is 0.262 e. The lowest BCUT2D eigenvalue weighted by Crippen LogP contribution is -2.35. The molecule has 0 radical (unpaired) electrons. The number of hydrogen-bond donors (Lipinski definition) is 1. The molecule has 0 saturated heterocycles. The van der Waals surface area contributed by atoms with Gasteiger partial charge in [-0.05, 0) is 54.3 Å². The molecule has 2 aromatic rings. The normalized spacial score (nSPS) is 14.0. The molecule has 3 rings (SSSR count). The summed E-state index contributed by atoms with van der Waals surface area (Å²) in [4.78, 5) is 13.6. The molecule has 26 heavy (non-hydrogen) atoms. The van der Waals surface area contributed by atoms with Crippen molar-refractivity contribution < 1.29 is 17.6 Å². The fourth-order valence-electron chi connectivity index (χ4n) is 3.13. The topological polar surface area (TPSA) is 66.5 Å². The molecule has 1 aliphatic rings. The minimum atomic E-state index is -3.90. The van der Waals surface area contributed by atoms with E-state index < -0.39 is 15.8 Å². The summed E-state index contributed by atoms with van der Waals surface area (Å²) in [6.45, 7) is 4.59. The zero-order valence-electron chi connectivity index (χ0n) is 14.8. The van der Waals surface area contributed by atoms with Crippen molar-refractivity contribution in [2.24, 2.45) is 0 Å². The third-order valence-corrected chi connectivity index (χ3v) is 6.09. The molecule has 2 aromatic carbocycles. The molecule has 0 atom stereocenters. The minimum absolute atomic E-state index is 0.0806.